The van der Waals surface area contributed by atoms with E-state index in [1.54, 1.807) is 11.8 Å². The highest BCUT2D eigenvalue weighted by atomic mass is 16.6. The third-order valence-corrected chi connectivity index (χ3v) is 4.87. The lowest BCUT2D eigenvalue weighted by atomic mass is 10.1. The van der Waals surface area contributed by atoms with Gasteiger partial charge in [0.2, 0.25) is 5.91 Å². The highest BCUT2D eigenvalue weighted by Crippen LogP contribution is 2.29. The first-order chi connectivity index (χ1) is 13.9. The van der Waals surface area contributed by atoms with E-state index in [0.717, 1.165) is 16.5 Å². The van der Waals surface area contributed by atoms with Crippen molar-refractivity contribution in [1.29, 1.82) is 0 Å². The van der Waals surface area contributed by atoms with Crippen LogP contribution in [0, 0.1) is 6.92 Å². The third-order valence-electron chi connectivity index (χ3n) is 4.87. The van der Waals surface area contributed by atoms with Crippen molar-refractivity contribution in [2.45, 2.75) is 13.8 Å². The Balaban J connectivity index is 1.68. The van der Waals surface area contributed by atoms with E-state index in [1.807, 2.05) is 30.0 Å². The number of aryl methyl sites for hydroxylation is 1. The van der Waals surface area contributed by atoms with Gasteiger partial charge in [-0.1, -0.05) is 11.6 Å². The Hall–Kier alpha value is -3.07. The second-order valence-electron chi connectivity index (χ2n) is 6.93. The summed E-state index contributed by atoms with van der Waals surface area (Å²) in [5, 5.41) is 3.62. The van der Waals surface area contributed by atoms with E-state index in [1.165, 1.54) is 7.11 Å². The van der Waals surface area contributed by atoms with E-state index < -0.39 is 5.97 Å². The number of methoxy groups -OCH3 is 1. The topological polar surface area (TPSA) is 104 Å². The minimum Gasteiger partial charge on any atom is -0.464 e. The number of esters is 1. The van der Waals surface area contributed by atoms with E-state index in [2.05, 4.69) is 10.3 Å². The van der Waals surface area contributed by atoms with E-state index in [9.17, 15) is 14.4 Å². The van der Waals surface area contributed by atoms with Crippen molar-refractivity contribution in [3.63, 3.8) is 0 Å². The monoisotopic (exact) mass is 402 g/mol. The lowest BCUT2D eigenvalue weighted by Gasteiger charge is -2.33. The van der Waals surface area contributed by atoms with E-state index in [-0.39, 0.29) is 24.2 Å². The summed E-state index contributed by atoms with van der Waals surface area (Å²) < 4.78 is 9.85. The van der Waals surface area contributed by atoms with Crippen LogP contribution in [0.2, 0.25) is 0 Å². The summed E-state index contributed by atoms with van der Waals surface area (Å²) >= 11 is 0. The molecule has 2 N–H and O–H groups in total. The number of aromatic nitrogens is 1. The molecule has 0 bridgehead atoms. The van der Waals surface area contributed by atoms with E-state index >= 15 is 0 Å². The van der Waals surface area contributed by atoms with Crippen LogP contribution in [0.3, 0.4) is 0 Å². The van der Waals surface area contributed by atoms with Crippen LogP contribution in [0.5, 0.6) is 0 Å². The van der Waals surface area contributed by atoms with Crippen molar-refractivity contribution in [2.75, 3.05) is 51.8 Å². The van der Waals surface area contributed by atoms with Crippen LogP contribution in [0.1, 0.15) is 23.0 Å². The second-order valence-corrected chi connectivity index (χ2v) is 6.93. The Kier molecular flexibility index (Phi) is 6.38. The van der Waals surface area contributed by atoms with Crippen molar-refractivity contribution in [1.82, 2.24) is 14.8 Å². The largest absolute Gasteiger partial charge is 0.464 e. The minimum absolute atomic E-state index is 0.162. The summed E-state index contributed by atoms with van der Waals surface area (Å²) in [7, 11) is 1.30. The molecule has 0 radical (unpaired) electrons. The standard InChI is InChI=1S/C20H26N4O5/c1-4-29-20(27)24-9-7-23(8-10-24)12-16(25)22-17-14-11-13(2)5-6-15(14)21-18(17)19(26)28-3/h5-6,11,21H,4,7-10,12H2,1-3H3,(H,22,25). The van der Waals surface area contributed by atoms with Crippen LogP contribution in [0.15, 0.2) is 18.2 Å². The van der Waals surface area contributed by atoms with Crippen LogP contribution >= 0.6 is 0 Å². The lowest BCUT2D eigenvalue weighted by molar-refractivity contribution is -0.117. The predicted molar refractivity (Wildman–Crippen MR) is 108 cm³/mol. The maximum absolute atomic E-state index is 12.7. The van der Waals surface area contributed by atoms with Crippen LogP contribution < -0.4 is 5.32 Å². The van der Waals surface area contributed by atoms with Crippen LogP contribution in [-0.2, 0) is 14.3 Å². The molecule has 9 heteroatoms. The lowest BCUT2D eigenvalue weighted by Crippen LogP contribution is -2.50. The Bertz CT molecular complexity index is 915. The number of carbonyl (C=O) groups excluding carboxylic acids is 3. The van der Waals surface area contributed by atoms with Crippen LogP contribution in [0.4, 0.5) is 10.5 Å². The van der Waals surface area contributed by atoms with Gasteiger partial charge < -0.3 is 24.7 Å². The maximum Gasteiger partial charge on any atom is 0.409 e. The van der Waals surface area contributed by atoms with Gasteiger partial charge in [0.05, 0.1) is 25.9 Å². The number of benzene rings is 1. The number of hydrogen-bond donors (Lipinski definition) is 2. The number of hydrogen-bond acceptors (Lipinski definition) is 6. The zero-order valence-electron chi connectivity index (χ0n) is 16.9. The molecule has 1 fully saturated rings. The summed E-state index contributed by atoms with van der Waals surface area (Å²) in [6.07, 6.45) is -0.325. The molecule has 3 rings (SSSR count). The first-order valence-electron chi connectivity index (χ1n) is 9.57. The minimum atomic E-state index is -0.544. The molecule has 9 nitrogen and oxygen atoms in total. The van der Waals surface area contributed by atoms with Crippen molar-refractivity contribution < 1.29 is 23.9 Å². The first-order valence-corrected chi connectivity index (χ1v) is 9.57. The van der Waals surface area contributed by atoms with E-state index in [0.29, 0.717) is 38.5 Å². The van der Waals surface area contributed by atoms with Crippen molar-refractivity contribution in [3.8, 4) is 0 Å². The number of carbonyl (C=O) groups is 3. The Morgan fingerprint density at radius 1 is 1.17 bits per heavy atom. The number of nitrogens with zero attached hydrogens (tertiary/aromatic N) is 2. The highest BCUT2D eigenvalue weighted by Gasteiger charge is 2.25. The molecule has 29 heavy (non-hydrogen) atoms. The molecule has 2 amide bonds. The molecule has 2 aromatic rings. The van der Waals surface area contributed by atoms with Gasteiger partial charge in [0.1, 0.15) is 5.69 Å². The molecule has 2 heterocycles. The molecular formula is C20H26N4O5. The SMILES string of the molecule is CCOC(=O)N1CCN(CC(=O)Nc2c(C(=O)OC)[nH]c3ccc(C)cc23)CC1. The van der Waals surface area contributed by atoms with Gasteiger partial charge in [-0.3, -0.25) is 9.69 Å². The molecular weight excluding hydrogens is 376 g/mol. The molecule has 0 atom stereocenters. The van der Waals surface area contributed by atoms with Crippen LogP contribution in [-0.4, -0.2) is 79.2 Å². The number of anilines is 1. The summed E-state index contributed by atoms with van der Waals surface area (Å²) in [5.74, 6) is -0.778. The second kappa shape index (κ2) is 8.95. The van der Waals surface area contributed by atoms with Gasteiger partial charge in [-0.15, -0.1) is 0 Å². The average molecular weight is 402 g/mol. The van der Waals surface area contributed by atoms with Gasteiger partial charge in [-0.05, 0) is 26.0 Å². The number of piperazine rings is 1. The molecule has 1 aliphatic heterocycles. The molecule has 1 aromatic heterocycles. The van der Waals surface area contributed by atoms with Crippen molar-refractivity contribution >= 4 is 34.6 Å². The number of aromatic amines is 1. The Morgan fingerprint density at radius 3 is 2.55 bits per heavy atom. The molecule has 0 aliphatic carbocycles. The van der Waals surface area contributed by atoms with Crippen molar-refractivity contribution in [3.05, 3.63) is 29.5 Å². The normalized spacial score (nSPS) is 14.7. The Labute approximate surface area is 168 Å². The fraction of sp³-hybridized carbons (Fsp3) is 0.450. The molecule has 1 aromatic carbocycles. The van der Waals surface area contributed by atoms with Gasteiger partial charge in [0.15, 0.2) is 0 Å². The highest BCUT2D eigenvalue weighted by molar-refractivity contribution is 6.11. The van der Waals surface area contributed by atoms with Gasteiger partial charge in [-0.2, -0.15) is 0 Å². The zero-order valence-corrected chi connectivity index (χ0v) is 16.9. The summed E-state index contributed by atoms with van der Waals surface area (Å²) in [4.78, 5) is 43.2. The summed E-state index contributed by atoms with van der Waals surface area (Å²) in [6, 6.07) is 5.70. The van der Waals surface area contributed by atoms with Gasteiger partial charge >= 0.3 is 12.1 Å². The quantitative estimate of drug-likeness (QED) is 0.741. The number of nitrogens with one attached hydrogen (secondary N) is 2. The summed E-state index contributed by atoms with van der Waals surface area (Å²) in [6.45, 7) is 6.37. The number of ether oxygens (including phenoxy) is 2. The van der Waals surface area contributed by atoms with E-state index in [4.69, 9.17) is 9.47 Å². The number of rotatable bonds is 5. The molecule has 156 valence electrons. The molecule has 1 aliphatic rings. The summed E-state index contributed by atoms with van der Waals surface area (Å²) in [5.41, 5.74) is 2.40. The average Bonchev–Trinajstić information content (AvgIpc) is 3.05. The third kappa shape index (κ3) is 4.68. The molecule has 0 spiro atoms. The first kappa shape index (κ1) is 20.7. The fourth-order valence-corrected chi connectivity index (χ4v) is 3.38. The fourth-order valence-electron chi connectivity index (χ4n) is 3.38. The number of amides is 2. The predicted octanol–water partition coefficient (Wildman–Crippen LogP) is 1.98. The Morgan fingerprint density at radius 2 is 1.90 bits per heavy atom. The molecule has 0 saturated carbocycles. The number of H-pyrrole nitrogens is 1. The number of fused-ring (bicyclic) bond motifs is 1. The van der Waals surface area contributed by atoms with Gasteiger partial charge in [0, 0.05) is 37.1 Å². The van der Waals surface area contributed by atoms with Gasteiger partial charge in [0.25, 0.3) is 0 Å². The smallest absolute Gasteiger partial charge is 0.409 e. The molecule has 1 saturated heterocycles. The van der Waals surface area contributed by atoms with Crippen LogP contribution in [0.25, 0.3) is 10.9 Å². The zero-order chi connectivity index (χ0) is 21.0. The van der Waals surface area contributed by atoms with Crippen molar-refractivity contribution in [2.24, 2.45) is 0 Å². The van der Waals surface area contributed by atoms with Gasteiger partial charge in [-0.25, -0.2) is 9.59 Å². The maximum atomic E-state index is 12.7. The molecule has 0 unspecified atom stereocenters.